The summed E-state index contributed by atoms with van der Waals surface area (Å²) in [6, 6.07) is 16.3. The molecule has 0 spiro atoms. The summed E-state index contributed by atoms with van der Waals surface area (Å²) in [7, 11) is 3.13. The molecule has 2 aromatic heterocycles. The number of anilines is 2. The highest BCUT2D eigenvalue weighted by Crippen LogP contribution is 2.44. The molecule has 1 saturated heterocycles. The molecule has 378 valence electrons. The average Bonchev–Trinajstić information content (AvgIpc) is 4.19. The standard InChI is InChI=1S/C50H62N10O10S/c1-5-43(61)53-29-44(62)56-39(9-8-17-52-48(51)65)46(63)54-34-12-10-32(11-13-34)30-69-49(66)57(3)21-22-58(4)50(67)70-42-28-41-36(45-37(42)25-31(2)71-45)16-20-60(41)47(64)40-27-33-26-35(14-15-38(33)55-40)68-24-23-59-18-6-7-19-59/h10-15,25-28,39,55H,5-9,16-24,29-30H2,1-4H3,(H,53,61)(H,54,63)(H,56,62)(H3,51,52,65). The number of ether oxygens (including phenoxy) is 3. The number of amides is 8. The fourth-order valence-electron chi connectivity index (χ4n) is 8.37. The first-order chi connectivity index (χ1) is 34.1. The van der Waals surface area contributed by atoms with E-state index in [1.165, 1.54) is 22.6 Å². The zero-order valence-electron chi connectivity index (χ0n) is 40.5. The summed E-state index contributed by atoms with van der Waals surface area (Å²) in [6.45, 7) is 7.90. The van der Waals surface area contributed by atoms with Crippen LogP contribution < -0.4 is 41.4 Å². The quantitative estimate of drug-likeness (QED) is 0.0504. The highest BCUT2D eigenvalue weighted by molar-refractivity contribution is 7.19. The van der Waals surface area contributed by atoms with E-state index in [0.29, 0.717) is 54.4 Å². The number of urea groups is 1. The molecule has 4 heterocycles. The van der Waals surface area contributed by atoms with Crippen molar-refractivity contribution in [3.63, 3.8) is 0 Å². The van der Waals surface area contributed by atoms with E-state index in [1.807, 2.05) is 37.3 Å². The van der Waals surface area contributed by atoms with Crippen LogP contribution in [0.4, 0.5) is 25.8 Å². The first-order valence-electron chi connectivity index (χ1n) is 23.8. The maximum atomic E-state index is 14.1. The van der Waals surface area contributed by atoms with Gasteiger partial charge in [-0.1, -0.05) is 19.1 Å². The second-order valence-electron chi connectivity index (χ2n) is 17.6. The van der Waals surface area contributed by atoms with Gasteiger partial charge < -0.3 is 60.9 Å². The molecule has 21 heteroatoms. The number of aryl methyl sites for hydroxylation is 1. The molecule has 0 aliphatic carbocycles. The summed E-state index contributed by atoms with van der Waals surface area (Å²) in [5, 5.41) is 11.9. The van der Waals surface area contributed by atoms with Gasteiger partial charge in [0.05, 0.1) is 12.2 Å². The number of likely N-dealkylation sites (N-methyl/N-ethyl adjacent to an activating group) is 2. The molecule has 1 atom stereocenters. The third-order valence-electron chi connectivity index (χ3n) is 12.4. The van der Waals surface area contributed by atoms with Crippen LogP contribution >= 0.6 is 11.3 Å². The van der Waals surface area contributed by atoms with Gasteiger partial charge in [0.15, 0.2) is 0 Å². The summed E-state index contributed by atoms with van der Waals surface area (Å²) in [5.41, 5.74) is 9.17. The van der Waals surface area contributed by atoms with Crippen LogP contribution in [0.25, 0.3) is 21.0 Å². The van der Waals surface area contributed by atoms with Crippen molar-refractivity contribution in [3.05, 3.63) is 82.4 Å². The van der Waals surface area contributed by atoms with Gasteiger partial charge in [0, 0.05) is 90.9 Å². The summed E-state index contributed by atoms with van der Waals surface area (Å²) >= 11 is 1.59. The Bertz CT molecular complexity index is 2750. The molecular formula is C50H62N10O10S. The largest absolute Gasteiger partial charge is 0.492 e. The molecular weight excluding hydrogens is 933 g/mol. The van der Waals surface area contributed by atoms with Crippen LogP contribution in [0.15, 0.2) is 60.7 Å². The molecule has 1 unspecified atom stereocenters. The van der Waals surface area contributed by atoms with Crippen LogP contribution in [0.5, 0.6) is 11.5 Å². The van der Waals surface area contributed by atoms with Crippen molar-refractivity contribution in [1.29, 1.82) is 0 Å². The van der Waals surface area contributed by atoms with E-state index >= 15 is 0 Å². The number of hydrogen-bond acceptors (Lipinski definition) is 12. The third-order valence-corrected chi connectivity index (χ3v) is 13.5. The Morgan fingerprint density at radius 3 is 2.37 bits per heavy atom. The van der Waals surface area contributed by atoms with E-state index in [2.05, 4.69) is 31.2 Å². The normalized spacial score (nSPS) is 13.6. The monoisotopic (exact) mass is 994 g/mol. The van der Waals surface area contributed by atoms with E-state index in [4.69, 9.17) is 19.9 Å². The van der Waals surface area contributed by atoms with Gasteiger partial charge in [-0.25, -0.2) is 14.4 Å². The van der Waals surface area contributed by atoms with Crippen LogP contribution in [0, 0.1) is 6.92 Å². The number of H-pyrrole nitrogens is 1. The van der Waals surface area contributed by atoms with Crippen molar-refractivity contribution in [2.45, 2.75) is 65.0 Å². The molecule has 2 aliphatic heterocycles. The van der Waals surface area contributed by atoms with Gasteiger partial charge in [0.1, 0.15) is 36.4 Å². The number of rotatable bonds is 21. The van der Waals surface area contributed by atoms with Crippen molar-refractivity contribution in [3.8, 4) is 11.5 Å². The molecule has 1 fully saturated rings. The third kappa shape index (κ3) is 13.7. The molecule has 0 bridgehead atoms. The number of carbonyl (C=O) groups is 7. The van der Waals surface area contributed by atoms with E-state index < -0.39 is 36.1 Å². The molecule has 7 rings (SSSR count). The Morgan fingerprint density at radius 2 is 1.63 bits per heavy atom. The lowest BCUT2D eigenvalue weighted by Gasteiger charge is -2.22. The molecule has 2 aliphatic rings. The first kappa shape index (κ1) is 51.5. The Labute approximate surface area is 415 Å². The summed E-state index contributed by atoms with van der Waals surface area (Å²) in [5.74, 6) is -0.482. The van der Waals surface area contributed by atoms with Gasteiger partial charge in [0.25, 0.3) is 5.91 Å². The molecule has 0 saturated carbocycles. The van der Waals surface area contributed by atoms with Gasteiger partial charge in [-0.15, -0.1) is 11.3 Å². The molecule has 71 heavy (non-hydrogen) atoms. The van der Waals surface area contributed by atoms with E-state index in [-0.39, 0.29) is 57.4 Å². The highest BCUT2D eigenvalue weighted by Gasteiger charge is 2.31. The Balaban J connectivity index is 0.896. The summed E-state index contributed by atoms with van der Waals surface area (Å²) in [6.07, 6.45) is 2.57. The number of carbonyl (C=O) groups excluding carboxylic acids is 7. The Kier molecular flexibility index (Phi) is 17.4. The molecule has 8 amide bonds. The van der Waals surface area contributed by atoms with E-state index in [0.717, 1.165) is 56.8 Å². The average molecular weight is 995 g/mol. The second-order valence-corrected chi connectivity index (χ2v) is 18.9. The molecule has 20 nitrogen and oxygen atoms in total. The van der Waals surface area contributed by atoms with Gasteiger partial charge in [0.2, 0.25) is 17.7 Å². The minimum absolute atomic E-state index is 0.0760. The lowest BCUT2D eigenvalue weighted by molar-refractivity contribution is -0.128. The SMILES string of the molecule is CCC(=O)NCC(=O)NC(CCCNC(N)=O)C(=O)Nc1ccc(COC(=O)N(C)CCN(C)C(=O)Oc2cc3c(c4sc(C)cc24)CCN3C(=O)c2cc3cc(OCCN4CCCC4)ccc3[nH]2)cc1. The van der Waals surface area contributed by atoms with Crippen molar-refractivity contribution < 1.29 is 47.8 Å². The molecule has 0 radical (unpaired) electrons. The zero-order valence-corrected chi connectivity index (χ0v) is 41.3. The van der Waals surface area contributed by atoms with Crippen LogP contribution in [0.1, 0.15) is 65.5 Å². The number of nitrogens with two attached hydrogens (primary N) is 1. The van der Waals surface area contributed by atoms with Crippen LogP contribution in [-0.4, -0.2) is 141 Å². The smallest absolute Gasteiger partial charge is 0.415 e. The van der Waals surface area contributed by atoms with Crippen LogP contribution in [0.2, 0.25) is 0 Å². The fourth-order valence-corrected chi connectivity index (χ4v) is 9.47. The topological polar surface area (TPSA) is 250 Å². The van der Waals surface area contributed by atoms with Crippen molar-refractivity contribution in [2.75, 3.05) is 83.3 Å². The van der Waals surface area contributed by atoms with Gasteiger partial charge >= 0.3 is 18.2 Å². The number of fused-ring (bicyclic) bond motifs is 4. The number of primary amides is 1. The minimum Gasteiger partial charge on any atom is -0.492 e. The number of nitrogens with zero attached hydrogens (tertiary/aromatic N) is 4. The van der Waals surface area contributed by atoms with Gasteiger partial charge in [-0.2, -0.15) is 0 Å². The zero-order chi connectivity index (χ0) is 50.6. The molecule has 3 aromatic carbocycles. The van der Waals surface area contributed by atoms with Gasteiger partial charge in [-0.3, -0.25) is 24.1 Å². The van der Waals surface area contributed by atoms with Gasteiger partial charge in [-0.05, 0) is 106 Å². The first-order valence-corrected chi connectivity index (χ1v) is 24.6. The Morgan fingerprint density at radius 1 is 0.887 bits per heavy atom. The maximum absolute atomic E-state index is 14.1. The number of aromatic amines is 1. The Hall–Kier alpha value is -7.39. The minimum atomic E-state index is -0.974. The summed E-state index contributed by atoms with van der Waals surface area (Å²) in [4.78, 5) is 100. The highest BCUT2D eigenvalue weighted by atomic mass is 32.1. The number of hydrogen-bond donors (Lipinski definition) is 6. The van der Waals surface area contributed by atoms with Crippen molar-refractivity contribution >= 4 is 85.5 Å². The van der Waals surface area contributed by atoms with Crippen LogP contribution in [-0.2, 0) is 32.1 Å². The van der Waals surface area contributed by atoms with Crippen LogP contribution in [0.3, 0.4) is 0 Å². The summed E-state index contributed by atoms with van der Waals surface area (Å²) < 4.78 is 18.6. The fraction of sp³-hybridized carbons (Fsp3) is 0.420. The molecule has 7 N–H and O–H groups in total. The van der Waals surface area contributed by atoms with E-state index in [9.17, 15) is 33.6 Å². The lowest BCUT2D eigenvalue weighted by atomic mass is 10.1. The molecule has 5 aromatic rings. The number of likely N-dealkylation sites (tertiary alicyclic amines) is 1. The number of nitrogens with one attached hydrogen (secondary N) is 5. The predicted octanol–water partition coefficient (Wildman–Crippen LogP) is 5.47. The second kappa shape index (κ2) is 24.0. The predicted molar refractivity (Wildman–Crippen MR) is 270 cm³/mol. The maximum Gasteiger partial charge on any atom is 0.415 e. The number of aromatic nitrogens is 1. The number of benzene rings is 3. The lowest BCUT2D eigenvalue weighted by Crippen LogP contribution is -2.47. The number of thiophene rings is 1. The van der Waals surface area contributed by atoms with E-state index in [1.54, 1.807) is 67.6 Å². The van der Waals surface area contributed by atoms with Crippen molar-refractivity contribution in [2.24, 2.45) is 5.73 Å². The van der Waals surface area contributed by atoms with Crippen molar-refractivity contribution in [1.82, 2.24) is 35.6 Å².